The lowest BCUT2D eigenvalue weighted by atomic mass is 10.1. The summed E-state index contributed by atoms with van der Waals surface area (Å²) in [4.78, 5) is 27.0. The maximum absolute atomic E-state index is 12.5. The Morgan fingerprint density at radius 2 is 1.68 bits per heavy atom. The first-order chi connectivity index (χ1) is 16.2. The van der Waals surface area contributed by atoms with Crippen molar-refractivity contribution in [2.75, 3.05) is 57.1 Å². The van der Waals surface area contributed by atoms with E-state index in [0.29, 0.717) is 37.6 Å². The minimum absolute atomic E-state index is 0.259. The van der Waals surface area contributed by atoms with Crippen molar-refractivity contribution in [1.29, 1.82) is 0 Å². The second kappa shape index (κ2) is 11.6. The normalized spacial score (nSPS) is 14.2. The largest absolute Gasteiger partial charge is 0.573 e. The van der Waals surface area contributed by atoms with E-state index in [1.807, 2.05) is 0 Å². The minimum Gasteiger partial charge on any atom is -0.496 e. The van der Waals surface area contributed by atoms with E-state index in [4.69, 9.17) is 9.47 Å². The van der Waals surface area contributed by atoms with E-state index in [-0.39, 0.29) is 17.3 Å². The number of carbonyl (C=O) groups excluding carboxylic acids is 2. The fraction of sp³-hybridized carbons (Fsp3) is 0.364. The van der Waals surface area contributed by atoms with Crippen LogP contribution in [0.1, 0.15) is 10.4 Å². The molecule has 2 aromatic carbocycles. The third-order valence-corrected chi connectivity index (χ3v) is 4.87. The first kappa shape index (κ1) is 25.1. The van der Waals surface area contributed by atoms with Gasteiger partial charge in [0.2, 0.25) is 0 Å². The number of alkyl halides is 3. The Morgan fingerprint density at radius 3 is 2.32 bits per heavy atom. The molecule has 1 heterocycles. The average molecular weight is 482 g/mol. The lowest BCUT2D eigenvalue weighted by Gasteiger charge is -2.26. The second-order valence-corrected chi connectivity index (χ2v) is 7.28. The number of anilines is 2. The molecule has 0 aliphatic carbocycles. The molecule has 1 fully saturated rings. The van der Waals surface area contributed by atoms with Crippen LogP contribution < -0.4 is 25.4 Å². The predicted octanol–water partition coefficient (Wildman–Crippen LogP) is 3.30. The van der Waals surface area contributed by atoms with Crippen molar-refractivity contribution in [3.63, 3.8) is 0 Å². The highest BCUT2D eigenvalue weighted by Crippen LogP contribution is 2.25. The van der Waals surface area contributed by atoms with Crippen LogP contribution in [0.3, 0.4) is 0 Å². The molecular weight excluding hydrogens is 457 g/mol. The van der Waals surface area contributed by atoms with Crippen molar-refractivity contribution < 1.29 is 37.0 Å². The number of methoxy groups -OCH3 is 1. The van der Waals surface area contributed by atoms with Crippen molar-refractivity contribution in [1.82, 2.24) is 10.2 Å². The van der Waals surface area contributed by atoms with Crippen LogP contribution in [0.5, 0.6) is 11.5 Å². The maximum atomic E-state index is 12.5. The van der Waals surface area contributed by atoms with E-state index in [2.05, 4.69) is 25.6 Å². The van der Waals surface area contributed by atoms with Crippen molar-refractivity contribution >= 4 is 23.3 Å². The zero-order chi connectivity index (χ0) is 24.6. The Morgan fingerprint density at radius 1 is 1.03 bits per heavy atom. The molecule has 1 aliphatic rings. The predicted molar refractivity (Wildman–Crippen MR) is 118 cm³/mol. The molecule has 2 aromatic rings. The average Bonchev–Trinajstić information content (AvgIpc) is 2.80. The molecule has 12 heteroatoms. The van der Waals surface area contributed by atoms with Crippen molar-refractivity contribution in [3.8, 4) is 11.5 Å². The third kappa shape index (κ3) is 7.81. The highest BCUT2D eigenvalue weighted by atomic mass is 19.4. The number of halogens is 3. The zero-order valence-corrected chi connectivity index (χ0v) is 18.4. The number of benzene rings is 2. The quantitative estimate of drug-likeness (QED) is 0.534. The van der Waals surface area contributed by atoms with Crippen LogP contribution in [0.4, 0.5) is 29.3 Å². The van der Waals surface area contributed by atoms with E-state index in [0.717, 1.165) is 25.2 Å². The number of nitrogens with one attached hydrogen (secondary N) is 3. The van der Waals surface area contributed by atoms with Gasteiger partial charge in [-0.2, -0.15) is 0 Å². The number of ether oxygens (including phenoxy) is 3. The molecule has 0 spiro atoms. The molecule has 1 saturated heterocycles. The number of rotatable bonds is 8. The standard InChI is InChI=1S/C22H25F3N4O5/c1-32-19-14-16(4-7-18(19)20(30)26-8-9-29-10-12-33-13-11-29)28-21(31)27-15-2-5-17(6-3-15)34-22(23,24)25/h2-7,14H,8-13H2,1H3,(H,26,30)(H2,27,28,31). The first-order valence-corrected chi connectivity index (χ1v) is 10.4. The van der Waals surface area contributed by atoms with Crippen LogP contribution >= 0.6 is 0 Å². The van der Waals surface area contributed by atoms with Gasteiger partial charge in [-0.25, -0.2) is 4.79 Å². The van der Waals surface area contributed by atoms with Crippen LogP contribution in [0.15, 0.2) is 42.5 Å². The van der Waals surface area contributed by atoms with Crippen molar-refractivity contribution in [3.05, 3.63) is 48.0 Å². The lowest BCUT2D eigenvalue weighted by molar-refractivity contribution is -0.274. The Balaban J connectivity index is 1.52. The van der Waals surface area contributed by atoms with Gasteiger partial charge < -0.3 is 30.2 Å². The molecule has 0 bridgehead atoms. The maximum Gasteiger partial charge on any atom is 0.573 e. The lowest BCUT2D eigenvalue weighted by Crippen LogP contribution is -2.41. The molecule has 0 saturated carbocycles. The van der Waals surface area contributed by atoms with Crippen molar-refractivity contribution in [2.24, 2.45) is 0 Å². The van der Waals surface area contributed by atoms with E-state index in [1.54, 1.807) is 6.07 Å². The molecule has 0 atom stereocenters. The molecular formula is C22H25F3N4O5. The molecule has 0 unspecified atom stereocenters. The molecule has 3 rings (SSSR count). The van der Waals surface area contributed by atoms with E-state index in [1.165, 1.54) is 31.4 Å². The van der Waals surface area contributed by atoms with Gasteiger partial charge >= 0.3 is 12.4 Å². The fourth-order valence-electron chi connectivity index (χ4n) is 3.24. The first-order valence-electron chi connectivity index (χ1n) is 10.4. The van der Waals surface area contributed by atoms with Gasteiger partial charge in [0, 0.05) is 43.6 Å². The topological polar surface area (TPSA) is 101 Å². The highest BCUT2D eigenvalue weighted by Gasteiger charge is 2.31. The number of hydrogen-bond acceptors (Lipinski definition) is 6. The summed E-state index contributed by atoms with van der Waals surface area (Å²) in [5, 5.41) is 7.92. The molecule has 0 radical (unpaired) electrons. The molecule has 184 valence electrons. The van der Waals surface area contributed by atoms with E-state index in [9.17, 15) is 22.8 Å². The summed E-state index contributed by atoms with van der Waals surface area (Å²) < 4.78 is 51.1. The van der Waals surface area contributed by atoms with E-state index >= 15 is 0 Å². The van der Waals surface area contributed by atoms with Gasteiger partial charge in [0.1, 0.15) is 11.5 Å². The summed E-state index contributed by atoms with van der Waals surface area (Å²) in [6, 6.07) is 8.64. The number of hydrogen-bond donors (Lipinski definition) is 3. The highest BCUT2D eigenvalue weighted by molar-refractivity contribution is 6.01. The third-order valence-electron chi connectivity index (χ3n) is 4.87. The fourth-order valence-corrected chi connectivity index (χ4v) is 3.24. The van der Waals surface area contributed by atoms with Crippen LogP contribution in [0, 0.1) is 0 Å². The van der Waals surface area contributed by atoms with Gasteiger partial charge in [0.25, 0.3) is 5.91 Å². The van der Waals surface area contributed by atoms with Crippen LogP contribution in [0.2, 0.25) is 0 Å². The molecule has 34 heavy (non-hydrogen) atoms. The molecule has 0 aromatic heterocycles. The monoisotopic (exact) mass is 482 g/mol. The van der Waals surface area contributed by atoms with Gasteiger partial charge in [0.15, 0.2) is 0 Å². The number of morpholine rings is 1. The number of nitrogens with zero attached hydrogens (tertiary/aromatic N) is 1. The van der Waals surface area contributed by atoms with Crippen LogP contribution in [-0.4, -0.2) is 69.7 Å². The Hall–Kier alpha value is -3.51. The summed E-state index contributed by atoms with van der Waals surface area (Å²) in [6.45, 7) is 4.20. The zero-order valence-electron chi connectivity index (χ0n) is 18.4. The summed E-state index contributed by atoms with van der Waals surface area (Å²) >= 11 is 0. The minimum atomic E-state index is -4.79. The smallest absolute Gasteiger partial charge is 0.496 e. The Kier molecular flexibility index (Phi) is 8.55. The SMILES string of the molecule is COc1cc(NC(=O)Nc2ccc(OC(F)(F)F)cc2)ccc1C(=O)NCCN1CCOCC1. The van der Waals surface area contributed by atoms with Crippen LogP contribution in [0.25, 0.3) is 0 Å². The second-order valence-electron chi connectivity index (χ2n) is 7.28. The van der Waals surface area contributed by atoms with Gasteiger partial charge in [-0.05, 0) is 36.4 Å². The van der Waals surface area contributed by atoms with Gasteiger partial charge in [-0.15, -0.1) is 13.2 Å². The van der Waals surface area contributed by atoms with Gasteiger partial charge in [-0.1, -0.05) is 0 Å². The van der Waals surface area contributed by atoms with Crippen molar-refractivity contribution in [2.45, 2.75) is 6.36 Å². The number of amides is 3. The summed E-state index contributed by atoms with van der Waals surface area (Å²) in [5.41, 5.74) is 0.933. The van der Waals surface area contributed by atoms with Gasteiger partial charge in [-0.3, -0.25) is 9.69 Å². The molecule has 9 nitrogen and oxygen atoms in total. The molecule has 3 amide bonds. The summed E-state index contributed by atoms with van der Waals surface area (Å²) in [7, 11) is 1.41. The summed E-state index contributed by atoms with van der Waals surface area (Å²) in [5.74, 6) is -0.431. The van der Waals surface area contributed by atoms with E-state index < -0.39 is 18.1 Å². The Bertz CT molecular complexity index is 979. The van der Waals surface area contributed by atoms with Gasteiger partial charge in [0.05, 0.1) is 25.9 Å². The molecule has 3 N–H and O–H groups in total. The molecule has 1 aliphatic heterocycles. The van der Waals surface area contributed by atoms with Crippen LogP contribution in [-0.2, 0) is 4.74 Å². The summed E-state index contributed by atoms with van der Waals surface area (Å²) in [6.07, 6.45) is -4.79. The number of urea groups is 1. The number of carbonyl (C=O) groups is 2. The Labute approximate surface area is 194 Å².